The van der Waals surface area contributed by atoms with Gasteiger partial charge in [-0.1, -0.05) is 19.1 Å². The lowest BCUT2D eigenvalue weighted by molar-refractivity contribution is -0.384. The molecule has 3 N–H and O–H groups in total. The van der Waals surface area contributed by atoms with Crippen LogP contribution in [0.2, 0.25) is 0 Å². The zero-order valence-corrected chi connectivity index (χ0v) is 22.7. The number of benzene rings is 2. The molecule has 2 fully saturated rings. The first kappa shape index (κ1) is 29.7. The summed E-state index contributed by atoms with van der Waals surface area (Å²) in [6.45, 7) is 2.21. The van der Waals surface area contributed by atoms with Gasteiger partial charge >= 0.3 is 6.09 Å². The van der Waals surface area contributed by atoms with Gasteiger partial charge in [-0.05, 0) is 49.1 Å². The molecule has 2 aliphatic rings. The van der Waals surface area contributed by atoms with Crippen molar-refractivity contribution in [3.05, 3.63) is 64.2 Å². The van der Waals surface area contributed by atoms with Gasteiger partial charge in [-0.15, -0.1) is 0 Å². The number of aliphatic hydroxyl groups excluding tert-OH is 1. The van der Waals surface area contributed by atoms with Crippen molar-refractivity contribution in [1.82, 2.24) is 9.62 Å². The number of carbonyl (C=O) groups is 1. The zero-order valence-electron chi connectivity index (χ0n) is 21.9. The Morgan fingerprint density at radius 2 is 1.90 bits per heavy atom. The number of alkyl carbamates (subject to hydrolysis) is 1. The quantitative estimate of drug-likeness (QED) is 0.249. The minimum Gasteiger partial charge on any atom is -0.508 e. The number of nitro benzene ring substituents is 1. The minimum atomic E-state index is -4.04. The van der Waals surface area contributed by atoms with E-state index < -0.39 is 45.6 Å². The number of nitrogens with zero attached hydrogens (tertiary/aromatic N) is 2. The third-order valence-electron chi connectivity index (χ3n) is 6.95. The van der Waals surface area contributed by atoms with Gasteiger partial charge in [-0.3, -0.25) is 10.1 Å². The van der Waals surface area contributed by atoms with Crippen molar-refractivity contribution in [3.63, 3.8) is 0 Å². The van der Waals surface area contributed by atoms with Crippen LogP contribution in [0.25, 0.3) is 0 Å². The number of hydrogen-bond donors (Lipinski definition) is 3. The molecule has 2 aromatic carbocycles. The van der Waals surface area contributed by atoms with E-state index in [0.717, 1.165) is 4.31 Å². The molecule has 218 valence electrons. The van der Waals surface area contributed by atoms with E-state index in [1.54, 1.807) is 6.92 Å². The van der Waals surface area contributed by atoms with Crippen molar-refractivity contribution in [3.8, 4) is 5.75 Å². The molecule has 1 amide bonds. The molecule has 0 bridgehead atoms. The number of phenols is 1. The molecule has 0 aromatic heterocycles. The number of non-ortho nitro benzene ring substituents is 1. The van der Waals surface area contributed by atoms with Crippen molar-refractivity contribution in [2.24, 2.45) is 5.92 Å². The summed E-state index contributed by atoms with van der Waals surface area (Å²) in [5.41, 5.74) is 0.462. The first-order valence-electron chi connectivity index (χ1n) is 13.0. The Kier molecular flexibility index (Phi) is 9.58. The molecule has 2 aliphatic heterocycles. The van der Waals surface area contributed by atoms with Gasteiger partial charge in [0.15, 0.2) is 6.29 Å². The second-order valence-corrected chi connectivity index (χ2v) is 11.7. The van der Waals surface area contributed by atoms with Gasteiger partial charge in [0.05, 0.1) is 41.1 Å². The van der Waals surface area contributed by atoms with E-state index in [2.05, 4.69) is 5.32 Å². The summed E-state index contributed by atoms with van der Waals surface area (Å²) in [5.74, 6) is -0.186. The monoisotopic (exact) mass is 579 g/mol. The number of nitro groups is 1. The molecule has 40 heavy (non-hydrogen) atoms. The van der Waals surface area contributed by atoms with Crippen LogP contribution < -0.4 is 5.32 Å². The van der Waals surface area contributed by atoms with Crippen molar-refractivity contribution >= 4 is 21.8 Å². The Balaban J connectivity index is 1.52. The first-order valence-corrected chi connectivity index (χ1v) is 14.4. The number of aliphatic hydroxyl groups is 1. The molecular formula is C26H33N3O10S. The normalized spacial score (nSPS) is 22.0. The largest absolute Gasteiger partial charge is 0.508 e. The number of hydrogen-bond acceptors (Lipinski definition) is 10. The maximum Gasteiger partial charge on any atom is 0.407 e. The van der Waals surface area contributed by atoms with Crippen LogP contribution >= 0.6 is 0 Å². The van der Waals surface area contributed by atoms with Gasteiger partial charge in [0.1, 0.15) is 11.9 Å². The van der Waals surface area contributed by atoms with E-state index in [9.17, 15) is 33.5 Å². The highest BCUT2D eigenvalue weighted by Gasteiger charge is 2.44. The average Bonchev–Trinajstić information content (AvgIpc) is 3.54. The smallest absolute Gasteiger partial charge is 0.407 e. The summed E-state index contributed by atoms with van der Waals surface area (Å²) in [6.07, 6.45) is -1.96. The summed E-state index contributed by atoms with van der Waals surface area (Å²) >= 11 is 0. The van der Waals surface area contributed by atoms with E-state index in [0.29, 0.717) is 25.0 Å². The zero-order chi connectivity index (χ0) is 28.9. The SMILES string of the molecule is CCCN(C[C@@H](O)[C@H](Cc1ccc([N+](=O)[O-])cc1)NC(=O)O[C@H]1CO[C@H]2OCC[C@H]21)S(=O)(=O)c1ccc(O)cc1. The molecule has 2 saturated heterocycles. The van der Waals surface area contributed by atoms with Crippen LogP contribution in [0.1, 0.15) is 25.3 Å². The standard InChI is InChI=1S/C26H33N3O10S/c1-2-12-28(40(35,36)20-9-7-19(30)8-10-20)15-23(31)22(14-17-3-5-18(6-4-17)29(33)34)27-26(32)39-24-16-38-25-21(24)11-13-37-25/h3-10,21-25,30-31H,2,11-16H2,1H3,(H,27,32)/t21-,22-,23+,24-,25+/m0/s1. The molecule has 13 nitrogen and oxygen atoms in total. The maximum absolute atomic E-state index is 13.3. The summed E-state index contributed by atoms with van der Waals surface area (Å²) in [4.78, 5) is 23.4. The third-order valence-corrected chi connectivity index (χ3v) is 8.83. The van der Waals surface area contributed by atoms with Crippen molar-refractivity contribution in [2.75, 3.05) is 26.3 Å². The molecule has 2 aromatic rings. The van der Waals surface area contributed by atoms with Crippen LogP contribution in [0.5, 0.6) is 5.75 Å². The number of nitrogens with one attached hydrogen (secondary N) is 1. The van der Waals surface area contributed by atoms with Crippen LogP contribution in [0.4, 0.5) is 10.5 Å². The molecule has 5 atom stereocenters. The third kappa shape index (κ3) is 7.06. The fraction of sp³-hybridized carbons (Fsp3) is 0.500. The highest BCUT2D eigenvalue weighted by atomic mass is 32.2. The van der Waals surface area contributed by atoms with Crippen LogP contribution in [0.15, 0.2) is 53.4 Å². The van der Waals surface area contributed by atoms with E-state index >= 15 is 0 Å². The van der Waals surface area contributed by atoms with Gasteiger partial charge in [-0.2, -0.15) is 4.31 Å². The average molecular weight is 580 g/mol. The first-order chi connectivity index (χ1) is 19.1. The predicted molar refractivity (Wildman–Crippen MR) is 141 cm³/mol. The predicted octanol–water partition coefficient (Wildman–Crippen LogP) is 2.16. The van der Waals surface area contributed by atoms with E-state index in [-0.39, 0.29) is 48.4 Å². The van der Waals surface area contributed by atoms with Gasteiger partial charge < -0.3 is 29.7 Å². The van der Waals surface area contributed by atoms with E-state index in [1.807, 2.05) is 0 Å². The fourth-order valence-electron chi connectivity index (χ4n) is 4.82. The van der Waals surface area contributed by atoms with E-state index in [4.69, 9.17) is 14.2 Å². The van der Waals surface area contributed by atoms with Crippen molar-refractivity contribution in [1.29, 1.82) is 0 Å². The molecule has 0 unspecified atom stereocenters. The molecular weight excluding hydrogens is 546 g/mol. The van der Waals surface area contributed by atoms with Crippen molar-refractivity contribution in [2.45, 2.75) is 55.6 Å². The lowest BCUT2D eigenvalue weighted by Crippen LogP contribution is -2.51. The summed E-state index contributed by atoms with van der Waals surface area (Å²) in [6, 6.07) is 9.70. The summed E-state index contributed by atoms with van der Waals surface area (Å²) in [5, 5.41) is 34.5. The number of amides is 1. The second kappa shape index (κ2) is 12.9. The van der Waals surface area contributed by atoms with Gasteiger partial charge in [0, 0.05) is 25.2 Å². The number of rotatable bonds is 12. The minimum absolute atomic E-state index is 0.0455. The number of sulfonamides is 1. The lowest BCUT2D eigenvalue weighted by atomic mass is 10.0. The second-order valence-electron chi connectivity index (χ2n) is 9.77. The molecule has 0 spiro atoms. The molecule has 0 radical (unpaired) electrons. The number of phenolic OH excluding ortho intramolecular Hbond substituents is 1. The fourth-order valence-corrected chi connectivity index (χ4v) is 6.37. The van der Waals surface area contributed by atoms with Gasteiger partial charge in [-0.25, -0.2) is 13.2 Å². The number of aromatic hydroxyl groups is 1. The van der Waals surface area contributed by atoms with Crippen molar-refractivity contribution < 1.29 is 42.6 Å². The highest BCUT2D eigenvalue weighted by Crippen LogP contribution is 2.33. The molecule has 2 heterocycles. The summed E-state index contributed by atoms with van der Waals surface area (Å²) < 4.78 is 44.4. The maximum atomic E-state index is 13.3. The Morgan fingerprint density at radius 1 is 1.20 bits per heavy atom. The highest BCUT2D eigenvalue weighted by molar-refractivity contribution is 7.89. The van der Waals surface area contributed by atoms with E-state index in [1.165, 1.54) is 48.5 Å². The number of carbonyl (C=O) groups excluding carboxylic acids is 1. The van der Waals surface area contributed by atoms with Crippen LogP contribution in [0, 0.1) is 16.0 Å². The van der Waals surface area contributed by atoms with Crippen LogP contribution in [-0.2, 0) is 30.7 Å². The van der Waals surface area contributed by atoms with Crippen LogP contribution in [0.3, 0.4) is 0 Å². The Bertz CT molecular complexity index is 1270. The number of fused-ring (bicyclic) bond motifs is 1. The number of ether oxygens (including phenoxy) is 3. The lowest BCUT2D eigenvalue weighted by Gasteiger charge is -2.30. The topological polar surface area (TPSA) is 178 Å². The molecule has 14 heteroatoms. The summed E-state index contributed by atoms with van der Waals surface area (Å²) in [7, 11) is -4.04. The van der Waals surface area contributed by atoms with Gasteiger partial charge in [0.2, 0.25) is 10.0 Å². The molecule has 0 aliphatic carbocycles. The molecule has 4 rings (SSSR count). The van der Waals surface area contributed by atoms with Gasteiger partial charge in [0.25, 0.3) is 5.69 Å². The Hall–Kier alpha value is -3.30. The van der Waals surface area contributed by atoms with Crippen LogP contribution in [-0.4, -0.2) is 84.8 Å². The Labute approximate surface area is 231 Å². The molecule has 0 saturated carbocycles. The Morgan fingerprint density at radius 3 is 2.55 bits per heavy atom.